The second-order valence-corrected chi connectivity index (χ2v) is 22.8. The third-order valence-corrected chi connectivity index (χ3v) is 15.5. The zero-order chi connectivity index (χ0) is 55.9. The number of carbonyl (C=O) groups excluding carboxylic acids is 4. The summed E-state index contributed by atoms with van der Waals surface area (Å²) in [4.78, 5) is 72.2. The van der Waals surface area contributed by atoms with Gasteiger partial charge in [0.2, 0.25) is 23.6 Å². The summed E-state index contributed by atoms with van der Waals surface area (Å²) in [7, 11) is 0. The van der Waals surface area contributed by atoms with Gasteiger partial charge in [0.25, 0.3) is 0 Å². The fourth-order valence-corrected chi connectivity index (χ4v) is 10.9. The van der Waals surface area contributed by atoms with E-state index in [9.17, 15) is 28.7 Å². The van der Waals surface area contributed by atoms with Gasteiger partial charge in [-0.2, -0.15) is 0 Å². The van der Waals surface area contributed by atoms with Crippen LogP contribution in [0, 0.1) is 18.2 Å². The molecule has 0 spiro atoms. The van der Waals surface area contributed by atoms with Crippen molar-refractivity contribution in [1.82, 2.24) is 50.4 Å². The predicted molar refractivity (Wildman–Crippen MR) is 305 cm³/mol. The van der Waals surface area contributed by atoms with Gasteiger partial charge < -0.3 is 36.0 Å². The number of thiazole rings is 1. The minimum atomic E-state index is -0.874. The highest BCUT2D eigenvalue weighted by molar-refractivity contribution is 7.13. The van der Waals surface area contributed by atoms with E-state index in [2.05, 4.69) is 51.4 Å². The smallest absolute Gasteiger partial charge is 0.248 e. The Morgan fingerprint density at radius 1 is 0.949 bits per heavy atom. The molecule has 8 rings (SSSR count). The van der Waals surface area contributed by atoms with Crippen molar-refractivity contribution in [2.45, 2.75) is 143 Å². The monoisotopic (exact) mass is 1120 g/mol. The molecule has 5 heterocycles. The number of nitrogens with one attached hydrogen (secondary N) is 4. The molecule has 5 N–H and O–H groups in total. The number of hydrogen-bond acceptors (Lipinski definition) is 14. The van der Waals surface area contributed by atoms with Gasteiger partial charge in [0, 0.05) is 62.2 Å². The number of likely N-dealkylation sites (tertiary alicyclic amines) is 2. The number of unbranched alkanes of at least 4 members (excludes halogenated alkanes) is 6. The Bertz CT molecular complexity index is 3070. The first kappa shape index (κ1) is 58.3. The number of piperidine rings is 1. The van der Waals surface area contributed by atoms with Gasteiger partial charge in [0.1, 0.15) is 48.1 Å². The predicted octanol–water partition coefficient (Wildman–Crippen LogP) is 9.68. The molecule has 3 atom stereocenters. The zero-order valence-electron chi connectivity index (χ0n) is 45.5. The molecule has 0 saturated carbocycles. The number of halogens is 2. The maximum absolute atomic E-state index is 14.1. The van der Waals surface area contributed by atoms with Crippen LogP contribution in [0.1, 0.15) is 115 Å². The van der Waals surface area contributed by atoms with Gasteiger partial charge in [-0.3, -0.25) is 28.8 Å². The molecule has 6 aromatic rings. The van der Waals surface area contributed by atoms with E-state index in [0.29, 0.717) is 59.0 Å². The summed E-state index contributed by atoms with van der Waals surface area (Å²) in [6.07, 6.45) is 16.2. The SMILES string of the molecule is Cc1ncsc1-c1ccc(CNC(=O)[C@@H]2C[C@@H](O)CN2C(=O)[C@@H](NC(=O)CCCCCCCCCn2cc(COc3cc4ncnc(Nc5ccc(F)c(Cl)c5)c4cc3NC(=O)/C=C/CN3CCCCC3)nn2)C(C)(C)C)cc1. The van der Waals surface area contributed by atoms with Crippen LogP contribution in [0.25, 0.3) is 21.3 Å². The number of ether oxygens (including phenoxy) is 1. The molecule has 420 valence electrons. The van der Waals surface area contributed by atoms with Gasteiger partial charge in [-0.05, 0) is 86.5 Å². The van der Waals surface area contributed by atoms with Crippen molar-refractivity contribution in [2.75, 3.05) is 36.8 Å². The van der Waals surface area contributed by atoms with Crippen LogP contribution in [0.15, 0.2) is 84.8 Å². The Morgan fingerprint density at radius 3 is 2.44 bits per heavy atom. The highest BCUT2D eigenvalue weighted by Crippen LogP contribution is 2.35. The van der Waals surface area contributed by atoms with Crippen LogP contribution in [0.4, 0.5) is 21.6 Å². The number of β-amino-alcohol motifs (C(OH)–C–C–N with tert-alkyl or cyclic N) is 1. The number of benzene rings is 3. The quantitative estimate of drug-likeness (QED) is 0.0267. The molecule has 0 radical (unpaired) electrons. The summed E-state index contributed by atoms with van der Waals surface area (Å²) < 4.78 is 22.0. The second-order valence-electron chi connectivity index (χ2n) is 21.5. The molecule has 2 fully saturated rings. The summed E-state index contributed by atoms with van der Waals surface area (Å²) in [5.74, 6) is -0.983. The molecular formula is C58H72ClFN12O6S. The van der Waals surface area contributed by atoms with E-state index in [0.717, 1.165) is 86.2 Å². The lowest BCUT2D eigenvalue weighted by Gasteiger charge is -2.35. The van der Waals surface area contributed by atoms with Crippen LogP contribution in [-0.4, -0.2) is 113 Å². The number of aliphatic hydroxyl groups is 1. The van der Waals surface area contributed by atoms with Crippen molar-refractivity contribution in [1.29, 1.82) is 0 Å². The molecule has 21 heteroatoms. The first-order valence-electron chi connectivity index (χ1n) is 27.4. The minimum Gasteiger partial charge on any atom is -0.485 e. The van der Waals surface area contributed by atoms with E-state index in [1.165, 1.54) is 35.9 Å². The number of aryl methyl sites for hydroxylation is 2. The largest absolute Gasteiger partial charge is 0.485 e. The maximum atomic E-state index is 14.1. The Balaban J connectivity index is 0.755. The Hall–Kier alpha value is -6.87. The maximum Gasteiger partial charge on any atom is 0.248 e. The zero-order valence-corrected chi connectivity index (χ0v) is 47.1. The van der Waals surface area contributed by atoms with Crippen molar-refractivity contribution in [2.24, 2.45) is 5.41 Å². The van der Waals surface area contributed by atoms with Crippen molar-refractivity contribution in [3.63, 3.8) is 0 Å². The van der Waals surface area contributed by atoms with Gasteiger partial charge in [-0.25, -0.2) is 19.3 Å². The summed E-state index contributed by atoms with van der Waals surface area (Å²) in [6, 6.07) is 13.9. The number of anilines is 3. The molecule has 2 saturated heterocycles. The van der Waals surface area contributed by atoms with Crippen LogP contribution >= 0.6 is 22.9 Å². The molecular weight excluding hydrogens is 1050 g/mol. The molecule has 4 amide bonds. The highest BCUT2D eigenvalue weighted by Gasteiger charge is 2.44. The summed E-state index contributed by atoms with van der Waals surface area (Å²) in [6.45, 7) is 11.4. The van der Waals surface area contributed by atoms with E-state index >= 15 is 0 Å². The number of hydrogen-bond donors (Lipinski definition) is 5. The molecule has 3 aromatic heterocycles. The number of rotatable bonds is 25. The van der Waals surface area contributed by atoms with Crippen LogP contribution in [0.5, 0.6) is 5.75 Å². The fraction of sp³-hybridized carbons (Fsp3) is 0.466. The molecule has 2 aliphatic rings. The first-order valence-corrected chi connectivity index (χ1v) is 28.6. The van der Waals surface area contributed by atoms with Crippen molar-refractivity contribution < 1.29 is 33.4 Å². The van der Waals surface area contributed by atoms with Crippen LogP contribution in [0.3, 0.4) is 0 Å². The molecule has 18 nitrogen and oxygen atoms in total. The first-order chi connectivity index (χ1) is 38.1. The molecule has 0 aliphatic carbocycles. The normalized spacial score (nSPS) is 16.3. The Kier molecular flexibility index (Phi) is 20.5. The lowest BCUT2D eigenvalue weighted by atomic mass is 9.85. The fourth-order valence-electron chi connectivity index (χ4n) is 9.86. The topological polar surface area (TPSA) is 222 Å². The van der Waals surface area contributed by atoms with E-state index in [-0.39, 0.29) is 61.2 Å². The molecule has 2 aliphatic heterocycles. The van der Waals surface area contributed by atoms with Gasteiger partial charge >= 0.3 is 0 Å². The van der Waals surface area contributed by atoms with Gasteiger partial charge in [-0.15, -0.1) is 16.4 Å². The van der Waals surface area contributed by atoms with E-state index in [1.54, 1.807) is 34.2 Å². The lowest BCUT2D eigenvalue weighted by Crippen LogP contribution is -2.57. The molecule has 79 heavy (non-hydrogen) atoms. The lowest BCUT2D eigenvalue weighted by molar-refractivity contribution is -0.144. The Labute approximate surface area is 470 Å². The van der Waals surface area contributed by atoms with Gasteiger partial charge in [0.05, 0.1) is 44.6 Å². The van der Waals surface area contributed by atoms with Crippen molar-refractivity contribution >= 4 is 74.7 Å². The van der Waals surface area contributed by atoms with Crippen LogP contribution in [-0.2, 0) is 38.9 Å². The average Bonchev–Trinajstić information content (AvgIpc) is 4.32. The Morgan fingerprint density at radius 2 is 1.71 bits per heavy atom. The third-order valence-electron chi connectivity index (χ3n) is 14.2. The van der Waals surface area contributed by atoms with Gasteiger partial charge in [-0.1, -0.05) is 106 Å². The number of carbonyl (C=O) groups is 4. The van der Waals surface area contributed by atoms with E-state index in [4.69, 9.17) is 16.3 Å². The average molecular weight is 1120 g/mol. The summed E-state index contributed by atoms with van der Waals surface area (Å²) >= 11 is 7.63. The standard InChI is InChI=1S/C58H72ClFN12O6S/c1-38-53(79-37-64-38)40-20-18-39(19-21-40)32-61-56(76)49-29-43(73)34-72(49)57(77)54(58(2,3)4)67-52(75)16-11-8-6-5-7-9-14-27-71-33-42(68-69-71)35-78-50-31-47-44(55(63-36-62-47)65-41-22-23-46(60)45(59)28-41)30-48(50)66-51(74)17-15-26-70-24-12-10-13-25-70/h15,17-23,28,30-31,33,36-37,43,49,54,73H,5-14,16,24-27,29,32,34-35H2,1-4H3,(H,61,76)(H,66,74)(H,67,75)(H,62,63,65)/b17-15+/t43-,49+,54-/m1/s1. The van der Waals surface area contributed by atoms with Crippen LogP contribution < -0.4 is 26.0 Å². The summed E-state index contributed by atoms with van der Waals surface area (Å²) in [5.41, 5.74) is 6.19. The van der Waals surface area contributed by atoms with Crippen LogP contribution in [0.2, 0.25) is 5.02 Å². The molecule has 0 bridgehead atoms. The number of amides is 4. The van der Waals surface area contributed by atoms with E-state index < -0.39 is 29.4 Å². The third kappa shape index (κ3) is 16.6. The minimum absolute atomic E-state index is 0.0167. The number of fused-ring (bicyclic) bond motifs is 1. The molecule has 0 unspecified atom stereocenters. The number of aromatic nitrogens is 6. The second kappa shape index (κ2) is 27.8. The number of nitrogens with zero attached hydrogens (tertiary/aromatic N) is 8. The van der Waals surface area contributed by atoms with E-state index in [1.807, 2.05) is 69.7 Å². The van der Waals surface area contributed by atoms with Crippen molar-refractivity contribution in [3.8, 4) is 16.2 Å². The number of aliphatic hydroxyl groups excluding tert-OH is 1. The summed E-state index contributed by atoms with van der Waals surface area (Å²) in [5, 5.41) is 31.9. The van der Waals surface area contributed by atoms with Crippen molar-refractivity contribution in [3.05, 3.63) is 113 Å². The molecule has 3 aromatic carbocycles. The van der Waals surface area contributed by atoms with Gasteiger partial charge in [0.15, 0.2) is 0 Å². The highest BCUT2D eigenvalue weighted by atomic mass is 35.5.